The quantitative estimate of drug-likeness (QED) is 0.799. The molecule has 0 aromatic heterocycles. The summed E-state index contributed by atoms with van der Waals surface area (Å²) in [6, 6.07) is 5.17. The van der Waals surface area contributed by atoms with E-state index in [1.807, 2.05) is 26.0 Å². The molecule has 1 N–H and O–H groups in total. The first kappa shape index (κ1) is 11.9. The Morgan fingerprint density at radius 1 is 1.47 bits per heavy atom. The van der Waals surface area contributed by atoms with Crippen LogP contribution in [0.5, 0.6) is 0 Å². The SMILES string of the molecule is CCNC/C(C)=C/c1cc(C)ccc1F. The minimum absolute atomic E-state index is 0.156. The molecule has 0 saturated carbocycles. The standard InChI is InChI=1S/C13H18FN/c1-4-15-9-11(3)8-12-7-10(2)5-6-13(12)14/h5-8,15H,4,9H2,1-3H3/b11-8+. The Balaban J connectivity index is 2.82. The van der Waals surface area contributed by atoms with Gasteiger partial charge in [0.25, 0.3) is 0 Å². The van der Waals surface area contributed by atoms with Gasteiger partial charge >= 0.3 is 0 Å². The molecule has 0 saturated heterocycles. The second-order valence-corrected chi connectivity index (χ2v) is 3.80. The zero-order valence-electron chi connectivity index (χ0n) is 9.60. The van der Waals surface area contributed by atoms with Crippen LogP contribution in [-0.4, -0.2) is 13.1 Å². The predicted octanol–water partition coefficient (Wildman–Crippen LogP) is 3.15. The average Bonchev–Trinajstić information content (AvgIpc) is 2.20. The van der Waals surface area contributed by atoms with Crippen molar-refractivity contribution in [3.8, 4) is 0 Å². The highest BCUT2D eigenvalue weighted by Crippen LogP contribution is 2.13. The fourth-order valence-corrected chi connectivity index (χ4v) is 1.41. The molecule has 0 amide bonds. The second-order valence-electron chi connectivity index (χ2n) is 3.80. The summed E-state index contributed by atoms with van der Waals surface area (Å²) in [5.74, 6) is -0.156. The van der Waals surface area contributed by atoms with Crippen LogP contribution in [0.4, 0.5) is 4.39 Å². The normalized spacial score (nSPS) is 11.9. The Morgan fingerprint density at radius 3 is 2.87 bits per heavy atom. The molecule has 82 valence electrons. The van der Waals surface area contributed by atoms with Gasteiger partial charge in [0.2, 0.25) is 0 Å². The zero-order chi connectivity index (χ0) is 11.3. The highest BCUT2D eigenvalue weighted by molar-refractivity contribution is 5.54. The van der Waals surface area contributed by atoms with Gasteiger partial charge in [-0.05, 0) is 32.5 Å². The molecule has 1 aromatic carbocycles. The van der Waals surface area contributed by atoms with E-state index in [1.165, 1.54) is 6.07 Å². The molecule has 0 fully saturated rings. The number of hydrogen-bond donors (Lipinski definition) is 1. The Kier molecular flexibility index (Phi) is 4.50. The maximum atomic E-state index is 13.4. The van der Waals surface area contributed by atoms with Gasteiger partial charge in [-0.3, -0.25) is 0 Å². The lowest BCUT2D eigenvalue weighted by atomic mass is 10.1. The molecular formula is C13H18FN. The fourth-order valence-electron chi connectivity index (χ4n) is 1.41. The van der Waals surface area contributed by atoms with Gasteiger partial charge in [0.1, 0.15) is 5.82 Å². The Morgan fingerprint density at radius 2 is 2.20 bits per heavy atom. The van der Waals surface area contributed by atoms with E-state index in [4.69, 9.17) is 0 Å². The number of aryl methyl sites for hydroxylation is 1. The van der Waals surface area contributed by atoms with Crippen LogP contribution in [0.1, 0.15) is 25.0 Å². The van der Waals surface area contributed by atoms with Crippen molar-refractivity contribution in [1.82, 2.24) is 5.32 Å². The molecule has 1 rings (SSSR count). The third kappa shape index (κ3) is 3.84. The molecule has 1 aromatic rings. The van der Waals surface area contributed by atoms with E-state index in [-0.39, 0.29) is 5.82 Å². The summed E-state index contributed by atoms with van der Waals surface area (Å²) in [5.41, 5.74) is 2.89. The average molecular weight is 207 g/mol. The van der Waals surface area contributed by atoms with Crippen LogP contribution in [0.15, 0.2) is 23.8 Å². The molecule has 1 nitrogen and oxygen atoms in total. The van der Waals surface area contributed by atoms with E-state index in [2.05, 4.69) is 12.2 Å². The van der Waals surface area contributed by atoms with Gasteiger partial charge in [0.05, 0.1) is 0 Å². The van der Waals surface area contributed by atoms with Crippen molar-refractivity contribution >= 4 is 6.08 Å². The summed E-state index contributed by atoms with van der Waals surface area (Å²) in [4.78, 5) is 0. The number of likely N-dealkylation sites (N-methyl/N-ethyl adjacent to an activating group) is 1. The Labute approximate surface area is 91.0 Å². The van der Waals surface area contributed by atoms with Crippen LogP contribution in [-0.2, 0) is 0 Å². The van der Waals surface area contributed by atoms with Crippen LogP contribution in [0.3, 0.4) is 0 Å². The summed E-state index contributed by atoms with van der Waals surface area (Å²) in [6.07, 6.45) is 1.89. The monoisotopic (exact) mass is 207 g/mol. The van der Waals surface area contributed by atoms with Crippen molar-refractivity contribution in [3.05, 3.63) is 40.7 Å². The van der Waals surface area contributed by atoms with Crippen LogP contribution in [0.2, 0.25) is 0 Å². The number of benzene rings is 1. The van der Waals surface area contributed by atoms with Crippen molar-refractivity contribution < 1.29 is 4.39 Å². The number of halogens is 1. The lowest BCUT2D eigenvalue weighted by Gasteiger charge is -2.04. The molecule has 15 heavy (non-hydrogen) atoms. The van der Waals surface area contributed by atoms with Crippen molar-refractivity contribution in [1.29, 1.82) is 0 Å². The summed E-state index contributed by atoms with van der Waals surface area (Å²) < 4.78 is 13.4. The van der Waals surface area contributed by atoms with Crippen molar-refractivity contribution in [3.63, 3.8) is 0 Å². The summed E-state index contributed by atoms with van der Waals surface area (Å²) in [6.45, 7) is 7.77. The zero-order valence-corrected chi connectivity index (χ0v) is 9.60. The lowest BCUT2D eigenvalue weighted by Crippen LogP contribution is -2.14. The maximum absolute atomic E-state index is 13.4. The van der Waals surface area contributed by atoms with Gasteiger partial charge in [0.15, 0.2) is 0 Å². The third-order valence-electron chi connectivity index (χ3n) is 2.21. The molecule has 0 heterocycles. The van der Waals surface area contributed by atoms with Crippen molar-refractivity contribution in [2.75, 3.05) is 13.1 Å². The molecule has 0 aliphatic heterocycles. The van der Waals surface area contributed by atoms with Gasteiger partial charge in [-0.2, -0.15) is 0 Å². The highest BCUT2D eigenvalue weighted by Gasteiger charge is 1.99. The lowest BCUT2D eigenvalue weighted by molar-refractivity contribution is 0.624. The molecular weight excluding hydrogens is 189 g/mol. The van der Waals surface area contributed by atoms with Gasteiger partial charge in [-0.25, -0.2) is 4.39 Å². The van der Waals surface area contributed by atoms with Crippen LogP contribution in [0, 0.1) is 12.7 Å². The van der Waals surface area contributed by atoms with Gasteiger partial charge in [0, 0.05) is 12.1 Å². The molecule has 0 bridgehead atoms. The molecule has 2 heteroatoms. The maximum Gasteiger partial charge on any atom is 0.130 e. The molecule has 0 aliphatic rings. The van der Waals surface area contributed by atoms with Crippen molar-refractivity contribution in [2.45, 2.75) is 20.8 Å². The Hall–Kier alpha value is -1.15. The van der Waals surface area contributed by atoms with E-state index in [0.717, 1.165) is 24.2 Å². The highest BCUT2D eigenvalue weighted by atomic mass is 19.1. The molecule has 0 unspecified atom stereocenters. The topological polar surface area (TPSA) is 12.0 Å². The first-order valence-corrected chi connectivity index (χ1v) is 5.27. The summed E-state index contributed by atoms with van der Waals surface area (Å²) >= 11 is 0. The smallest absolute Gasteiger partial charge is 0.130 e. The van der Waals surface area contributed by atoms with Crippen LogP contribution >= 0.6 is 0 Å². The minimum atomic E-state index is -0.156. The van der Waals surface area contributed by atoms with Gasteiger partial charge in [-0.1, -0.05) is 30.2 Å². The van der Waals surface area contributed by atoms with Gasteiger partial charge < -0.3 is 5.32 Å². The summed E-state index contributed by atoms with van der Waals surface area (Å²) in [7, 11) is 0. The minimum Gasteiger partial charge on any atom is -0.313 e. The van der Waals surface area contributed by atoms with Gasteiger partial charge in [-0.15, -0.1) is 0 Å². The van der Waals surface area contributed by atoms with Crippen molar-refractivity contribution in [2.24, 2.45) is 0 Å². The third-order valence-corrected chi connectivity index (χ3v) is 2.21. The molecule has 0 atom stereocenters. The first-order valence-electron chi connectivity index (χ1n) is 5.27. The summed E-state index contributed by atoms with van der Waals surface area (Å²) in [5, 5.41) is 3.21. The molecule has 0 spiro atoms. The largest absolute Gasteiger partial charge is 0.313 e. The number of rotatable bonds is 4. The van der Waals surface area contributed by atoms with Crippen LogP contribution in [0.25, 0.3) is 6.08 Å². The number of nitrogens with one attached hydrogen (secondary N) is 1. The number of hydrogen-bond acceptors (Lipinski definition) is 1. The van der Waals surface area contributed by atoms with E-state index < -0.39 is 0 Å². The molecule has 0 radical (unpaired) electrons. The molecule has 0 aliphatic carbocycles. The first-order chi connectivity index (χ1) is 7.13. The fraction of sp³-hybridized carbons (Fsp3) is 0.385. The van der Waals surface area contributed by atoms with E-state index >= 15 is 0 Å². The second kappa shape index (κ2) is 5.66. The van der Waals surface area contributed by atoms with Crippen LogP contribution < -0.4 is 5.32 Å². The van der Waals surface area contributed by atoms with E-state index in [0.29, 0.717) is 5.56 Å². The Bertz CT molecular complexity index is 356. The predicted molar refractivity (Wildman–Crippen MR) is 63.3 cm³/mol. The van der Waals surface area contributed by atoms with E-state index in [1.54, 1.807) is 6.07 Å². The van der Waals surface area contributed by atoms with E-state index in [9.17, 15) is 4.39 Å².